The predicted octanol–water partition coefficient (Wildman–Crippen LogP) is 4.38. The summed E-state index contributed by atoms with van der Waals surface area (Å²) >= 11 is 0. The van der Waals surface area contributed by atoms with E-state index >= 15 is 0 Å². The normalized spacial score (nSPS) is 10.9. The molecule has 112 valence electrons. The molecule has 0 saturated carbocycles. The summed E-state index contributed by atoms with van der Waals surface area (Å²) in [5.74, 6) is 0.966. The Bertz CT molecular complexity index is 570. The molecule has 0 aromatic heterocycles. The Balaban J connectivity index is 2.09. The van der Waals surface area contributed by atoms with Gasteiger partial charge in [0.1, 0.15) is 12.4 Å². The van der Waals surface area contributed by atoms with Crippen LogP contribution < -0.4 is 10.1 Å². The molecule has 1 N–H and O–H groups in total. The molecule has 0 spiro atoms. The minimum Gasteiger partial charge on any atom is -0.489 e. The highest BCUT2D eigenvalue weighted by Crippen LogP contribution is 2.21. The molecule has 21 heavy (non-hydrogen) atoms. The average Bonchev–Trinajstić information content (AvgIpc) is 2.45. The maximum atomic E-state index is 6.08. The van der Waals surface area contributed by atoms with Gasteiger partial charge in [-0.3, -0.25) is 0 Å². The van der Waals surface area contributed by atoms with Crippen LogP contribution in [-0.2, 0) is 13.2 Å². The average molecular weight is 283 g/mol. The molecule has 0 fully saturated rings. The van der Waals surface area contributed by atoms with Crippen molar-refractivity contribution in [3.05, 3.63) is 64.7 Å². The number of nitrogens with one attached hydrogen (secondary N) is 1. The van der Waals surface area contributed by atoms with Gasteiger partial charge < -0.3 is 10.1 Å². The van der Waals surface area contributed by atoms with E-state index in [1.807, 2.05) is 12.1 Å². The van der Waals surface area contributed by atoms with Crippen molar-refractivity contribution in [2.24, 2.45) is 0 Å². The maximum Gasteiger partial charge on any atom is 0.124 e. The molecular formula is C19H25NO. The third-order valence-corrected chi connectivity index (χ3v) is 3.69. The number of hydrogen-bond acceptors (Lipinski definition) is 2. The summed E-state index contributed by atoms with van der Waals surface area (Å²) < 4.78 is 6.08. The molecule has 2 aromatic rings. The van der Waals surface area contributed by atoms with E-state index in [9.17, 15) is 0 Å². The van der Waals surface area contributed by atoms with Gasteiger partial charge in [0.2, 0.25) is 0 Å². The molecule has 2 nitrogen and oxygen atoms in total. The van der Waals surface area contributed by atoms with Gasteiger partial charge in [-0.2, -0.15) is 0 Å². The van der Waals surface area contributed by atoms with Crippen molar-refractivity contribution in [3.63, 3.8) is 0 Å². The Morgan fingerprint density at radius 1 is 0.952 bits per heavy atom. The fraction of sp³-hybridized carbons (Fsp3) is 0.368. The summed E-state index contributed by atoms with van der Waals surface area (Å²) in [6.45, 7) is 10.0. The molecule has 0 aliphatic heterocycles. The SMILES string of the molecule is Cc1cccc(C)c1COc1ccccc1CNC(C)C. The fourth-order valence-electron chi connectivity index (χ4n) is 2.33. The third-order valence-electron chi connectivity index (χ3n) is 3.69. The van der Waals surface area contributed by atoms with Crippen LogP contribution in [0.3, 0.4) is 0 Å². The number of aryl methyl sites for hydroxylation is 2. The molecule has 0 atom stereocenters. The molecule has 0 amide bonds. The summed E-state index contributed by atoms with van der Waals surface area (Å²) in [7, 11) is 0. The Kier molecular flexibility index (Phi) is 5.40. The second kappa shape index (κ2) is 7.28. The van der Waals surface area contributed by atoms with E-state index in [1.165, 1.54) is 22.3 Å². The van der Waals surface area contributed by atoms with E-state index in [4.69, 9.17) is 4.74 Å². The van der Waals surface area contributed by atoms with Crippen molar-refractivity contribution in [2.75, 3.05) is 0 Å². The number of benzene rings is 2. The zero-order chi connectivity index (χ0) is 15.2. The van der Waals surface area contributed by atoms with Crippen LogP contribution in [0.5, 0.6) is 5.75 Å². The summed E-state index contributed by atoms with van der Waals surface area (Å²) in [5.41, 5.74) is 5.06. The molecule has 2 aromatic carbocycles. The number of para-hydroxylation sites is 1. The standard InChI is InChI=1S/C19H25NO/c1-14(2)20-12-17-10-5-6-11-19(17)21-13-18-15(3)8-7-9-16(18)4/h5-11,14,20H,12-13H2,1-4H3. The highest BCUT2D eigenvalue weighted by molar-refractivity contribution is 5.36. The number of rotatable bonds is 6. The van der Waals surface area contributed by atoms with Gasteiger partial charge >= 0.3 is 0 Å². The van der Waals surface area contributed by atoms with Gasteiger partial charge in [0.15, 0.2) is 0 Å². The van der Waals surface area contributed by atoms with Crippen molar-refractivity contribution < 1.29 is 4.74 Å². The first-order valence-electron chi connectivity index (χ1n) is 7.57. The molecule has 2 rings (SSSR count). The third kappa shape index (κ3) is 4.33. The quantitative estimate of drug-likeness (QED) is 0.849. The predicted molar refractivity (Wildman–Crippen MR) is 88.7 cm³/mol. The van der Waals surface area contributed by atoms with Crippen LogP contribution in [0.2, 0.25) is 0 Å². The van der Waals surface area contributed by atoms with E-state index < -0.39 is 0 Å². The highest BCUT2D eigenvalue weighted by atomic mass is 16.5. The van der Waals surface area contributed by atoms with Crippen LogP contribution in [0.4, 0.5) is 0 Å². The molecule has 0 saturated heterocycles. The van der Waals surface area contributed by atoms with Crippen molar-refractivity contribution in [1.82, 2.24) is 5.32 Å². The van der Waals surface area contributed by atoms with Crippen molar-refractivity contribution >= 4 is 0 Å². The van der Waals surface area contributed by atoms with E-state index in [0.29, 0.717) is 12.6 Å². The van der Waals surface area contributed by atoms with Crippen LogP contribution in [0.25, 0.3) is 0 Å². The Labute approximate surface area is 128 Å². The lowest BCUT2D eigenvalue weighted by Crippen LogP contribution is -2.22. The second-order valence-corrected chi connectivity index (χ2v) is 5.80. The molecule has 0 heterocycles. The molecule has 0 aliphatic carbocycles. The highest BCUT2D eigenvalue weighted by Gasteiger charge is 2.07. The Morgan fingerprint density at radius 3 is 2.29 bits per heavy atom. The van der Waals surface area contributed by atoms with Gasteiger partial charge in [-0.15, -0.1) is 0 Å². The van der Waals surface area contributed by atoms with Crippen LogP contribution in [0, 0.1) is 13.8 Å². The molecule has 0 aliphatic rings. The Morgan fingerprint density at radius 2 is 1.62 bits per heavy atom. The van der Waals surface area contributed by atoms with Crippen LogP contribution in [-0.4, -0.2) is 6.04 Å². The molecular weight excluding hydrogens is 258 g/mol. The minimum absolute atomic E-state index is 0.469. The minimum atomic E-state index is 0.469. The van der Waals surface area contributed by atoms with E-state index in [-0.39, 0.29) is 0 Å². The van der Waals surface area contributed by atoms with E-state index in [1.54, 1.807) is 0 Å². The van der Waals surface area contributed by atoms with Gasteiger partial charge in [0.25, 0.3) is 0 Å². The number of ether oxygens (including phenoxy) is 1. The lowest BCUT2D eigenvalue weighted by atomic mass is 10.0. The van der Waals surface area contributed by atoms with E-state index in [0.717, 1.165) is 12.3 Å². The first-order valence-corrected chi connectivity index (χ1v) is 7.57. The first-order chi connectivity index (χ1) is 10.1. The summed E-state index contributed by atoms with van der Waals surface area (Å²) in [5, 5.41) is 3.44. The zero-order valence-electron chi connectivity index (χ0n) is 13.4. The lowest BCUT2D eigenvalue weighted by Gasteiger charge is -2.15. The van der Waals surface area contributed by atoms with Crippen molar-refractivity contribution in [1.29, 1.82) is 0 Å². The van der Waals surface area contributed by atoms with Gasteiger partial charge in [0, 0.05) is 18.2 Å². The van der Waals surface area contributed by atoms with Crippen molar-refractivity contribution in [2.45, 2.75) is 46.9 Å². The number of hydrogen-bond donors (Lipinski definition) is 1. The molecule has 0 radical (unpaired) electrons. The monoisotopic (exact) mass is 283 g/mol. The van der Waals surface area contributed by atoms with Gasteiger partial charge in [-0.05, 0) is 36.6 Å². The summed E-state index contributed by atoms with van der Waals surface area (Å²) in [4.78, 5) is 0. The molecule has 0 bridgehead atoms. The first kappa shape index (κ1) is 15.6. The summed E-state index contributed by atoms with van der Waals surface area (Å²) in [6.07, 6.45) is 0. The summed E-state index contributed by atoms with van der Waals surface area (Å²) in [6, 6.07) is 15.1. The van der Waals surface area contributed by atoms with Crippen LogP contribution >= 0.6 is 0 Å². The van der Waals surface area contributed by atoms with Gasteiger partial charge in [-0.25, -0.2) is 0 Å². The Hall–Kier alpha value is -1.80. The smallest absolute Gasteiger partial charge is 0.124 e. The second-order valence-electron chi connectivity index (χ2n) is 5.80. The van der Waals surface area contributed by atoms with Gasteiger partial charge in [-0.1, -0.05) is 50.2 Å². The largest absolute Gasteiger partial charge is 0.489 e. The van der Waals surface area contributed by atoms with E-state index in [2.05, 4.69) is 63.3 Å². The fourth-order valence-corrected chi connectivity index (χ4v) is 2.33. The lowest BCUT2D eigenvalue weighted by molar-refractivity contribution is 0.300. The van der Waals surface area contributed by atoms with Crippen LogP contribution in [0.15, 0.2) is 42.5 Å². The maximum absolute atomic E-state index is 6.08. The molecule has 0 unspecified atom stereocenters. The van der Waals surface area contributed by atoms with Gasteiger partial charge in [0.05, 0.1) is 0 Å². The molecule has 2 heteroatoms. The zero-order valence-corrected chi connectivity index (χ0v) is 13.4. The van der Waals surface area contributed by atoms with Crippen molar-refractivity contribution in [3.8, 4) is 5.75 Å². The van der Waals surface area contributed by atoms with Crippen LogP contribution in [0.1, 0.15) is 36.1 Å². The topological polar surface area (TPSA) is 21.3 Å².